The molecule has 0 aliphatic carbocycles. The highest BCUT2D eigenvalue weighted by molar-refractivity contribution is 5.91. The number of nitrogen functional groups attached to an aromatic ring is 1. The first-order valence-electron chi connectivity index (χ1n) is 7.34. The Morgan fingerprint density at radius 3 is 2.83 bits per heavy atom. The highest BCUT2D eigenvalue weighted by Crippen LogP contribution is 2.18. The Morgan fingerprint density at radius 2 is 2.17 bits per heavy atom. The van der Waals surface area contributed by atoms with Crippen LogP contribution in [0.1, 0.15) is 35.9 Å². The lowest BCUT2D eigenvalue weighted by Gasteiger charge is -2.10. The van der Waals surface area contributed by atoms with Crippen LogP contribution in [0.2, 0.25) is 0 Å². The van der Waals surface area contributed by atoms with Gasteiger partial charge in [0, 0.05) is 19.3 Å². The molecule has 10 heteroatoms. The number of likely N-dealkylation sites (tertiary alicyclic amines) is 1. The van der Waals surface area contributed by atoms with Crippen LogP contribution in [0.3, 0.4) is 0 Å². The van der Waals surface area contributed by atoms with Crippen LogP contribution in [0.4, 0.5) is 5.82 Å². The maximum Gasteiger partial charge on any atom is 0.361 e. The van der Waals surface area contributed by atoms with E-state index in [1.54, 1.807) is 13.0 Å². The lowest BCUT2D eigenvalue weighted by molar-refractivity contribution is 0.0519. The Morgan fingerprint density at radius 1 is 1.39 bits per heavy atom. The SMILES string of the molecule is CCOC(=O)c1nnn(-c2nonc2N)c1/C=C/N1CCCC1. The van der Waals surface area contributed by atoms with Crippen molar-refractivity contribution in [2.75, 3.05) is 25.4 Å². The van der Waals surface area contributed by atoms with Crippen molar-refractivity contribution in [3.63, 3.8) is 0 Å². The molecule has 2 aromatic heterocycles. The van der Waals surface area contributed by atoms with E-state index < -0.39 is 5.97 Å². The Bertz CT molecular complexity index is 715. The number of rotatable bonds is 5. The zero-order valence-electron chi connectivity index (χ0n) is 12.7. The zero-order chi connectivity index (χ0) is 16.2. The van der Waals surface area contributed by atoms with Gasteiger partial charge in [-0.15, -0.1) is 5.10 Å². The number of esters is 1. The topological polar surface area (TPSA) is 125 Å². The second kappa shape index (κ2) is 6.46. The van der Waals surface area contributed by atoms with Crippen molar-refractivity contribution in [3.8, 4) is 5.82 Å². The third-order valence-corrected chi connectivity index (χ3v) is 3.45. The van der Waals surface area contributed by atoms with E-state index in [-0.39, 0.29) is 23.9 Å². The highest BCUT2D eigenvalue weighted by atomic mass is 16.6. The molecule has 0 saturated carbocycles. The number of hydrogen-bond donors (Lipinski definition) is 1. The number of anilines is 1. The number of hydrogen-bond acceptors (Lipinski definition) is 9. The van der Waals surface area contributed by atoms with Crippen LogP contribution in [0.5, 0.6) is 0 Å². The van der Waals surface area contributed by atoms with Crippen molar-refractivity contribution in [3.05, 3.63) is 17.6 Å². The number of nitrogens with zero attached hydrogens (tertiary/aromatic N) is 6. The van der Waals surface area contributed by atoms with Crippen molar-refractivity contribution < 1.29 is 14.2 Å². The fourth-order valence-electron chi connectivity index (χ4n) is 2.34. The number of aromatic nitrogens is 5. The van der Waals surface area contributed by atoms with E-state index in [0.717, 1.165) is 25.9 Å². The molecule has 122 valence electrons. The molecule has 0 aromatic carbocycles. The number of nitrogens with two attached hydrogens (primary N) is 1. The molecule has 3 heterocycles. The van der Waals surface area contributed by atoms with Crippen LogP contribution in [0, 0.1) is 0 Å². The Labute approximate surface area is 131 Å². The maximum atomic E-state index is 12.1. The van der Waals surface area contributed by atoms with Crippen LogP contribution in [0.15, 0.2) is 10.8 Å². The summed E-state index contributed by atoms with van der Waals surface area (Å²) in [4.78, 5) is 14.2. The lowest BCUT2D eigenvalue weighted by atomic mass is 10.3. The summed E-state index contributed by atoms with van der Waals surface area (Å²) in [6.07, 6.45) is 5.93. The van der Waals surface area contributed by atoms with Gasteiger partial charge in [0.1, 0.15) is 5.69 Å². The predicted octanol–water partition coefficient (Wildman–Crippen LogP) is 0.476. The quantitative estimate of drug-likeness (QED) is 0.783. The van der Waals surface area contributed by atoms with Gasteiger partial charge in [-0.2, -0.15) is 4.68 Å². The van der Waals surface area contributed by atoms with E-state index in [2.05, 4.69) is 30.2 Å². The standard InChI is InChI=1S/C13H17N7O3/c1-2-22-13(21)10-9(5-8-19-6-3-4-7-19)20(18-15-10)12-11(14)16-23-17-12/h5,8H,2-4,6-7H2,1H3,(H2,14,16)/b8-5+. The molecule has 0 radical (unpaired) electrons. The van der Waals surface area contributed by atoms with Gasteiger partial charge in [0.2, 0.25) is 11.6 Å². The first kappa shape index (κ1) is 15.0. The molecular formula is C13H17N7O3. The fraction of sp³-hybridized carbons (Fsp3) is 0.462. The third-order valence-electron chi connectivity index (χ3n) is 3.45. The molecule has 1 saturated heterocycles. The summed E-state index contributed by atoms with van der Waals surface area (Å²) in [6.45, 7) is 3.91. The van der Waals surface area contributed by atoms with E-state index >= 15 is 0 Å². The summed E-state index contributed by atoms with van der Waals surface area (Å²) < 4.78 is 10.9. The van der Waals surface area contributed by atoms with Crippen LogP contribution >= 0.6 is 0 Å². The molecule has 2 N–H and O–H groups in total. The minimum Gasteiger partial charge on any atom is -0.461 e. The van der Waals surface area contributed by atoms with Gasteiger partial charge in [-0.1, -0.05) is 5.21 Å². The van der Waals surface area contributed by atoms with Gasteiger partial charge >= 0.3 is 5.97 Å². The smallest absolute Gasteiger partial charge is 0.361 e. The first-order chi connectivity index (χ1) is 11.2. The van der Waals surface area contributed by atoms with Gasteiger partial charge < -0.3 is 15.4 Å². The van der Waals surface area contributed by atoms with Crippen molar-refractivity contribution in [1.82, 2.24) is 30.2 Å². The molecule has 0 unspecified atom stereocenters. The van der Waals surface area contributed by atoms with Crippen LogP contribution < -0.4 is 5.73 Å². The second-order valence-electron chi connectivity index (χ2n) is 4.99. The van der Waals surface area contributed by atoms with Crippen molar-refractivity contribution in [1.29, 1.82) is 0 Å². The molecule has 1 aliphatic heterocycles. The normalized spacial score (nSPS) is 14.7. The molecule has 0 bridgehead atoms. The molecule has 0 atom stereocenters. The largest absolute Gasteiger partial charge is 0.461 e. The monoisotopic (exact) mass is 319 g/mol. The minimum absolute atomic E-state index is 0.0566. The van der Waals surface area contributed by atoms with Crippen molar-refractivity contribution >= 4 is 17.9 Å². The first-order valence-corrected chi connectivity index (χ1v) is 7.34. The average molecular weight is 319 g/mol. The summed E-state index contributed by atoms with van der Waals surface area (Å²) in [5.41, 5.74) is 6.20. The molecular weight excluding hydrogens is 302 g/mol. The zero-order valence-corrected chi connectivity index (χ0v) is 12.7. The molecule has 1 fully saturated rings. The molecule has 0 amide bonds. The second-order valence-corrected chi connectivity index (χ2v) is 4.99. The van der Waals surface area contributed by atoms with Crippen LogP contribution in [-0.2, 0) is 4.74 Å². The van der Waals surface area contributed by atoms with Crippen LogP contribution in [0.25, 0.3) is 11.9 Å². The Balaban J connectivity index is 1.99. The highest BCUT2D eigenvalue weighted by Gasteiger charge is 2.23. The predicted molar refractivity (Wildman–Crippen MR) is 79.4 cm³/mol. The van der Waals surface area contributed by atoms with E-state index in [9.17, 15) is 4.79 Å². The third kappa shape index (κ3) is 3.00. The van der Waals surface area contributed by atoms with Crippen LogP contribution in [-0.4, -0.2) is 55.9 Å². The molecule has 3 rings (SSSR count). The summed E-state index contributed by atoms with van der Waals surface area (Å²) in [5, 5.41) is 15.0. The van der Waals surface area contributed by atoms with Gasteiger partial charge in [0.25, 0.3) is 0 Å². The van der Waals surface area contributed by atoms with E-state index in [0.29, 0.717) is 5.69 Å². The molecule has 1 aliphatic rings. The number of carbonyl (C=O) groups excluding carboxylic acids is 1. The lowest BCUT2D eigenvalue weighted by Crippen LogP contribution is -2.12. The van der Waals surface area contributed by atoms with E-state index in [4.69, 9.17) is 10.5 Å². The summed E-state index contributed by atoms with van der Waals surface area (Å²) in [7, 11) is 0. The van der Waals surface area contributed by atoms with Gasteiger partial charge in [0.05, 0.1) is 6.61 Å². The Kier molecular flexibility index (Phi) is 4.22. The van der Waals surface area contributed by atoms with Crippen molar-refractivity contribution in [2.45, 2.75) is 19.8 Å². The molecule has 0 spiro atoms. The maximum absolute atomic E-state index is 12.1. The minimum atomic E-state index is -0.560. The molecule has 23 heavy (non-hydrogen) atoms. The van der Waals surface area contributed by atoms with Gasteiger partial charge in [0.15, 0.2) is 5.69 Å². The summed E-state index contributed by atoms with van der Waals surface area (Å²) in [6, 6.07) is 0. The van der Waals surface area contributed by atoms with E-state index in [1.807, 2.05) is 6.20 Å². The fourth-order valence-corrected chi connectivity index (χ4v) is 2.34. The van der Waals surface area contributed by atoms with Gasteiger partial charge in [-0.25, -0.2) is 9.42 Å². The average Bonchev–Trinajstić information content (AvgIpc) is 3.25. The summed E-state index contributed by atoms with van der Waals surface area (Å²) in [5.74, 6) is -0.329. The van der Waals surface area contributed by atoms with E-state index in [1.165, 1.54) is 4.68 Å². The van der Waals surface area contributed by atoms with Crippen molar-refractivity contribution in [2.24, 2.45) is 0 Å². The van der Waals surface area contributed by atoms with Gasteiger partial charge in [-0.3, -0.25) is 0 Å². The number of carbonyl (C=O) groups is 1. The molecule has 2 aromatic rings. The van der Waals surface area contributed by atoms with Gasteiger partial charge in [-0.05, 0) is 36.2 Å². The number of ether oxygens (including phenoxy) is 1. The Hall–Kier alpha value is -2.91. The molecule has 10 nitrogen and oxygen atoms in total. The summed E-state index contributed by atoms with van der Waals surface area (Å²) >= 11 is 0.